The molecule has 0 saturated carbocycles. The molecule has 112 valence electrons. The van der Waals surface area contributed by atoms with E-state index < -0.39 is 0 Å². The van der Waals surface area contributed by atoms with Gasteiger partial charge in [-0.15, -0.1) is 0 Å². The third-order valence-electron chi connectivity index (χ3n) is 3.63. The maximum Gasteiger partial charge on any atom is 0.183 e. The van der Waals surface area contributed by atoms with Gasteiger partial charge in [0.15, 0.2) is 11.5 Å². The summed E-state index contributed by atoms with van der Waals surface area (Å²) < 4.78 is 0. The molecule has 1 aromatic heterocycles. The molecule has 0 atom stereocenters. The highest BCUT2D eigenvalue weighted by atomic mass is 15.2. The lowest BCUT2D eigenvalue weighted by Gasteiger charge is -2.18. The smallest absolute Gasteiger partial charge is 0.183 e. The van der Waals surface area contributed by atoms with Crippen molar-refractivity contribution in [3.05, 3.63) is 78.2 Å². The highest BCUT2D eigenvalue weighted by molar-refractivity contribution is 5.63. The van der Waals surface area contributed by atoms with E-state index in [1.165, 1.54) is 17.3 Å². The highest BCUT2D eigenvalue weighted by Crippen LogP contribution is 2.21. The molecule has 3 aromatic rings. The summed E-state index contributed by atoms with van der Waals surface area (Å²) >= 11 is 0. The number of benzene rings is 2. The summed E-state index contributed by atoms with van der Waals surface area (Å²) in [4.78, 5) is 10.2. The first-order chi connectivity index (χ1) is 11.3. The standard InChI is InChI=1S/C19H16N4/c1-23(19-18(13-20)21-11-12-22-19)14-15-7-9-17(10-8-15)16-5-3-2-4-6-16/h2-12H,14H2,1H3. The molecule has 0 aliphatic heterocycles. The van der Waals surface area contributed by atoms with E-state index in [-0.39, 0.29) is 0 Å². The van der Waals surface area contributed by atoms with Crippen LogP contribution >= 0.6 is 0 Å². The lowest BCUT2D eigenvalue weighted by Crippen LogP contribution is -2.19. The average molecular weight is 300 g/mol. The minimum Gasteiger partial charge on any atom is -0.353 e. The molecule has 0 N–H and O–H groups in total. The molecule has 0 fully saturated rings. The van der Waals surface area contributed by atoms with Crippen LogP contribution in [0, 0.1) is 11.3 Å². The van der Waals surface area contributed by atoms with Gasteiger partial charge >= 0.3 is 0 Å². The molecule has 4 nitrogen and oxygen atoms in total. The quantitative estimate of drug-likeness (QED) is 0.738. The van der Waals surface area contributed by atoms with Crippen LogP contribution in [0.15, 0.2) is 67.0 Å². The van der Waals surface area contributed by atoms with Crippen molar-refractivity contribution in [3.8, 4) is 17.2 Å². The first-order valence-electron chi connectivity index (χ1n) is 7.34. The maximum absolute atomic E-state index is 9.12. The van der Waals surface area contributed by atoms with Crippen molar-refractivity contribution in [1.29, 1.82) is 5.26 Å². The number of rotatable bonds is 4. The monoisotopic (exact) mass is 300 g/mol. The minimum absolute atomic E-state index is 0.343. The number of anilines is 1. The van der Waals surface area contributed by atoms with E-state index in [0.717, 1.165) is 5.56 Å². The topological polar surface area (TPSA) is 52.8 Å². The van der Waals surface area contributed by atoms with Crippen LogP contribution in [0.4, 0.5) is 5.82 Å². The van der Waals surface area contributed by atoms with Crippen LogP contribution in [0.5, 0.6) is 0 Å². The Morgan fingerprint density at radius 2 is 1.57 bits per heavy atom. The van der Waals surface area contributed by atoms with E-state index in [9.17, 15) is 0 Å². The summed E-state index contributed by atoms with van der Waals surface area (Å²) in [6, 6.07) is 20.8. The van der Waals surface area contributed by atoms with Crippen molar-refractivity contribution < 1.29 is 0 Å². The van der Waals surface area contributed by atoms with Gasteiger partial charge in [-0.25, -0.2) is 9.97 Å². The van der Waals surface area contributed by atoms with Gasteiger partial charge in [0.25, 0.3) is 0 Å². The van der Waals surface area contributed by atoms with E-state index in [1.54, 1.807) is 6.20 Å². The molecule has 0 unspecified atom stereocenters. The van der Waals surface area contributed by atoms with Gasteiger partial charge in [-0.05, 0) is 16.7 Å². The number of hydrogen-bond acceptors (Lipinski definition) is 4. The summed E-state index contributed by atoms with van der Waals surface area (Å²) in [7, 11) is 1.91. The number of hydrogen-bond donors (Lipinski definition) is 0. The fraction of sp³-hybridized carbons (Fsp3) is 0.105. The van der Waals surface area contributed by atoms with E-state index in [0.29, 0.717) is 18.1 Å². The van der Waals surface area contributed by atoms with Crippen LogP contribution in [0.3, 0.4) is 0 Å². The Balaban J connectivity index is 1.77. The Morgan fingerprint density at radius 3 is 2.26 bits per heavy atom. The molecule has 0 aliphatic rings. The maximum atomic E-state index is 9.12. The SMILES string of the molecule is CN(Cc1ccc(-c2ccccc2)cc1)c1nccnc1C#N. The number of nitriles is 1. The molecular formula is C19H16N4. The summed E-state index contributed by atoms with van der Waals surface area (Å²) in [6.07, 6.45) is 3.13. The van der Waals surface area contributed by atoms with Crippen LogP contribution in [0.1, 0.15) is 11.3 Å². The molecular weight excluding hydrogens is 284 g/mol. The van der Waals surface area contributed by atoms with Gasteiger partial charge in [0.05, 0.1) is 0 Å². The number of aromatic nitrogens is 2. The van der Waals surface area contributed by atoms with Crippen molar-refractivity contribution in [2.75, 3.05) is 11.9 Å². The molecule has 0 spiro atoms. The van der Waals surface area contributed by atoms with Gasteiger partial charge in [-0.1, -0.05) is 54.6 Å². The first kappa shape index (κ1) is 14.7. The van der Waals surface area contributed by atoms with Crippen molar-refractivity contribution >= 4 is 5.82 Å². The molecule has 3 rings (SSSR count). The summed E-state index contributed by atoms with van der Waals surface area (Å²) in [5.74, 6) is 0.599. The van der Waals surface area contributed by atoms with E-state index in [2.05, 4.69) is 52.4 Å². The molecule has 0 aliphatic carbocycles. The molecule has 4 heteroatoms. The Morgan fingerprint density at radius 1 is 0.913 bits per heavy atom. The lowest BCUT2D eigenvalue weighted by atomic mass is 10.0. The second-order valence-electron chi connectivity index (χ2n) is 5.26. The van der Waals surface area contributed by atoms with Crippen LogP contribution in [0.25, 0.3) is 11.1 Å². The van der Waals surface area contributed by atoms with Gasteiger partial charge in [0.1, 0.15) is 6.07 Å². The predicted octanol–water partition coefficient (Wildman–Crippen LogP) is 3.65. The Bertz CT molecular complexity index is 820. The highest BCUT2D eigenvalue weighted by Gasteiger charge is 2.10. The minimum atomic E-state index is 0.343. The Labute approximate surface area is 135 Å². The van der Waals surface area contributed by atoms with Crippen molar-refractivity contribution in [3.63, 3.8) is 0 Å². The summed E-state index contributed by atoms with van der Waals surface area (Å²) in [6.45, 7) is 0.669. The van der Waals surface area contributed by atoms with E-state index in [1.807, 2.05) is 30.1 Å². The molecule has 0 radical (unpaired) electrons. The third-order valence-corrected chi connectivity index (χ3v) is 3.63. The second kappa shape index (κ2) is 6.71. The zero-order chi connectivity index (χ0) is 16.1. The fourth-order valence-electron chi connectivity index (χ4n) is 2.47. The third kappa shape index (κ3) is 3.35. The van der Waals surface area contributed by atoms with Gasteiger partial charge in [0, 0.05) is 26.0 Å². The first-order valence-corrected chi connectivity index (χ1v) is 7.34. The molecule has 23 heavy (non-hydrogen) atoms. The average Bonchev–Trinajstić information content (AvgIpc) is 2.63. The lowest BCUT2D eigenvalue weighted by molar-refractivity contribution is 0.885. The van der Waals surface area contributed by atoms with Gasteiger partial charge in [-0.3, -0.25) is 0 Å². The Hall–Kier alpha value is -3.19. The Kier molecular flexibility index (Phi) is 4.30. The molecule has 0 saturated heterocycles. The van der Waals surface area contributed by atoms with Crippen LogP contribution < -0.4 is 4.90 Å². The second-order valence-corrected chi connectivity index (χ2v) is 5.26. The van der Waals surface area contributed by atoms with Crippen molar-refractivity contribution in [2.24, 2.45) is 0 Å². The molecule has 2 aromatic carbocycles. The van der Waals surface area contributed by atoms with E-state index >= 15 is 0 Å². The van der Waals surface area contributed by atoms with Gasteiger partial charge in [0.2, 0.25) is 0 Å². The van der Waals surface area contributed by atoms with Gasteiger partial charge in [-0.2, -0.15) is 5.26 Å². The zero-order valence-electron chi connectivity index (χ0n) is 12.8. The van der Waals surface area contributed by atoms with E-state index in [4.69, 9.17) is 5.26 Å². The van der Waals surface area contributed by atoms with Gasteiger partial charge < -0.3 is 4.90 Å². The molecule has 0 bridgehead atoms. The summed E-state index contributed by atoms with van der Waals surface area (Å²) in [5, 5.41) is 9.12. The van der Waals surface area contributed by atoms with Crippen LogP contribution in [-0.4, -0.2) is 17.0 Å². The van der Waals surface area contributed by atoms with Crippen molar-refractivity contribution in [2.45, 2.75) is 6.54 Å². The summed E-state index contributed by atoms with van der Waals surface area (Å²) in [5.41, 5.74) is 3.89. The van der Waals surface area contributed by atoms with Crippen molar-refractivity contribution in [1.82, 2.24) is 9.97 Å². The fourth-order valence-corrected chi connectivity index (χ4v) is 2.47. The van der Waals surface area contributed by atoms with Crippen LogP contribution in [0.2, 0.25) is 0 Å². The number of nitrogens with zero attached hydrogens (tertiary/aromatic N) is 4. The normalized spacial score (nSPS) is 10.1. The van der Waals surface area contributed by atoms with Crippen LogP contribution in [-0.2, 0) is 6.54 Å². The molecule has 0 amide bonds. The molecule has 1 heterocycles. The zero-order valence-corrected chi connectivity index (χ0v) is 12.8. The largest absolute Gasteiger partial charge is 0.353 e. The predicted molar refractivity (Wildman–Crippen MR) is 90.7 cm³/mol.